The summed E-state index contributed by atoms with van der Waals surface area (Å²) in [7, 11) is 0. The smallest absolute Gasteiger partial charge is 0.201 e. The second-order valence-corrected chi connectivity index (χ2v) is 3.61. The maximum atomic E-state index is 13.0. The molecule has 66 valence electrons. The molecule has 0 saturated carbocycles. The maximum Gasteiger partial charge on any atom is 0.269 e. The van der Waals surface area contributed by atoms with Gasteiger partial charge in [-0.1, -0.05) is 20.8 Å². The Labute approximate surface area is 69.6 Å². The average Bonchev–Trinajstić information content (AvgIpc) is 1.92. The van der Waals surface area contributed by atoms with Crippen LogP contribution in [0.4, 0.5) is 8.78 Å². The summed E-state index contributed by atoms with van der Waals surface area (Å²) < 4.78 is 25.6. The van der Waals surface area contributed by atoms with Crippen molar-refractivity contribution in [3.8, 4) is 0 Å². The SMILES string of the molecule is CC(C)(C)c1cnnc(F)c1F. The Hall–Kier alpha value is -1.06. The molecule has 1 rings (SSSR count). The molecule has 0 aliphatic rings. The zero-order valence-electron chi connectivity index (χ0n) is 7.23. The van der Waals surface area contributed by atoms with Crippen molar-refractivity contribution in [3.05, 3.63) is 23.5 Å². The third kappa shape index (κ3) is 1.57. The van der Waals surface area contributed by atoms with Gasteiger partial charge in [0.25, 0.3) is 5.95 Å². The lowest BCUT2D eigenvalue weighted by Gasteiger charge is -2.18. The molecular formula is C8H10F2N2. The fourth-order valence-corrected chi connectivity index (χ4v) is 0.872. The second-order valence-electron chi connectivity index (χ2n) is 3.61. The quantitative estimate of drug-likeness (QED) is 0.598. The molecule has 0 bridgehead atoms. The normalized spacial score (nSPS) is 11.8. The van der Waals surface area contributed by atoms with Crippen LogP contribution in [0.2, 0.25) is 0 Å². The second kappa shape index (κ2) is 2.77. The van der Waals surface area contributed by atoms with Gasteiger partial charge in [0.05, 0.1) is 6.20 Å². The van der Waals surface area contributed by atoms with Crippen molar-refractivity contribution in [2.24, 2.45) is 0 Å². The summed E-state index contributed by atoms with van der Waals surface area (Å²) in [6.45, 7) is 5.35. The minimum Gasteiger partial charge on any atom is -0.201 e. The summed E-state index contributed by atoms with van der Waals surface area (Å²) in [4.78, 5) is 0. The monoisotopic (exact) mass is 172 g/mol. The fourth-order valence-electron chi connectivity index (χ4n) is 0.872. The summed E-state index contributed by atoms with van der Waals surface area (Å²) in [5.41, 5.74) is -0.198. The zero-order valence-corrected chi connectivity index (χ0v) is 7.23. The van der Waals surface area contributed by atoms with Crippen LogP contribution in [0.5, 0.6) is 0 Å². The van der Waals surface area contributed by atoms with E-state index >= 15 is 0 Å². The van der Waals surface area contributed by atoms with Crippen molar-refractivity contribution in [2.75, 3.05) is 0 Å². The van der Waals surface area contributed by atoms with Crippen molar-refractivity contribution in [1.29, 1.82) is 0 Å². The first-order chi connectivity index (χ1) is 5.43. The zero-order chi connectivity index (χ0) is 9.35. The number of hydrogen-bond acceptors (Lipinski definition) is 2. The standard InChI is InChI=1S/C8H10F2N2/c1-8(2,3)5-4-11-12-7(10)6(5)9/h4H,1-3H3. The first-order valence-electron chi connectivity index (χ1n) is 3.60. The van der Waals surface area contributed by atoms with Gasteiger partial charge in [-0.2, -0.15) is 9.49 Å². The van der Waals surface area contributed by atoms with E-state index in [1.54, 1.807) is 20.8 Å². The molecule has 1 aromatic rings. The maximum absolute atomic E-state index is 13.0. The van der Waals surface area contributed by atoms with Crippen LogP contribution in [0.3, 0.4) is 0 Å². The van der Waals surface area contributed by atoms with Gasteiger partial charge >= 0.3 is 0 Å². The topological polar surface area (TPSA) is 25.8 Å². The molecule has 0 spiro atoms. The highest BCUT2D eigenvalue weighted by Gasteiger charge is 2.21. The van der Waals surface area contributed by atoms with Crippen molar-refractivity contribution in [1.82, 2.24) is 10.2 Å². The highest BCUT2D eigenvalue weighted by atomic mass is 19.2. The van der Waals surface area contributed by atoms with E-state index in [4.69, 9.17) is 0 Å². The van der Waals surface area contributed by atoms with E-state index in [0.29, 0.717) is 0 Å². The highest BCUT2D eigenvalue weighted by molar-refractivity contribution is 5.19. The lowest BCUT2D eigenvalue weighted by atomic mass is 9.88. The minimum absolute atomic E-state index is 0.245. The molecule has 0 aliphatic carbocycles. The predicted molar refractivity (Wildman–Crippen MR) is 40.6 cm³/mol. The van der Waals surface area contributed by atoms with Crippen molar-refractivity contribution in [3.63, 3.8) is 0 Å². The van der Waals surface area contributed by atoms with E-state index in [9.17, 15) is 8.78 Å². The number of aromatic nitrogens is 2. The van der Waals surface area contributed by atoms with Gasteiger partial charge in [-0.05, 0) is 5.41 Å². The number of hydrogen-bond donors (Lipinski definition) is 0. The molecule has 0 aliphatic heterocycles. The number of rotatable bonds is 0. The molecule has 0 unspecified atom stereocenters. The van der Waals surface area contributed by atoms with Gasteiger partial charge in [0.2, 0.25) is 0 Å². The lowest BCUT2D eigenvalue weighted by molar-refractivity contribution is 0.430. The molecule has 1 heterocycles. The highest BCUT2D eigenvalue weighted by Crippen LogP contribution is 2.24. The minimum atomic E-state index is -1.14. The van der Waals surface area contributed by atoms with Crippen LogP contribution in [0, 0.1) is 11.8 Å². The Bertz CT molecular complexity index is 292. The Balaban J connectivity index is 3.26. The van der Waals surface area contributed by atoms with Crippen molar-refractivity contribution < 1.29 is 8.78 Å². The van der Waals surface area contributed by atoms with Crippen LogP contribution in [0.15, 0.2) is 6.20 Å². The van der Waals surface area contributed by atoms with Crippen molar-refractivity contribution in [2.45, 2.75) is 26.2 Å². The molecule has 0 N–H and O–H groups in total. The Morgan fingerprint density at radius 2 is 1.83 bits per heavy atom. The van der Waals surface area contributed by atoms with E-state index in [1.165, 1.54) is 6.20 Å². The van der Waals surface area contributed by atoms with E-state index in [2.05, 4.69) is 10.2 Å². The van der Waals surface area contributed by atoms with E-state index in [1.807, 2.05) is 0 Å². The molecule has 12 heavy (non-hydrogen) atoms. The largest absolute Gasteiger partial charge is 0.269 e. The van der Waals surface area contributed by atoms with Gasteiger partial charge in [0.15, 0.2) is 5.82 Å². The summed E-state index contributed by atoms with van der Waals surface area (Å²) in [5.74, 6) is -2.04. The summed E-state index contributed by atoms with van der Waals surface area (Å²) >= 11 is 0. The Morgan fingerprint density at radius 3 is 2.25 bits per heavy atom. The van der Waals surface area contributed by atoms with Gasteiger partial charge < -0.3 is 0 Å². The fraction of sp³-hybridized carbons (Fsp3) is 0.500. The summed E-state index contributed by atoms with van der Waals surface area (Å²) in [6.07, 6.45) is 1.25. The molecule has 0 fully saturated rings. The third-order valence-corrected chi connectivity index (χ3v) is 1.56. The summed E-state index contributed by atoms with van der Waals surface area (Å²) in [5, 5.41) is 6.31. The first kappa shape index (κ1) is 9.03. The molecule has 2 nitrogen and oxygen atoms in total. The van der Waals surface area contributed by atoms with Gasteiger partial charge in [-0.15, -0.1) is 5.10 Å². The van der Waals surface area contributed by atoms with Gasteiger partial charge in [-0.3, -0.25) is 0 Å². The van der Waals surface area contributed by atoms with E-state index in [0.717, 1.165) is 0 Å². The van der Waals surface area contributed by atoms with Gasteiger partial charge in [-0.25, -0.2) is 4.39 Å². The van der Waals surface area contributed by atoms with E-state index < -0.39 is 17.2 Å². The van der Waals surface area contributed by atoms with Crippen molar-refractivity contribution >= 4 is 0 Å². The molecule has 0 atom stereocenters. The molecule has 4 heteroatoms. The van der Waals surface area contributed by atoms with Crippen LogP contribution in [0.25, 0.3) is 0 Å². The molecule has 0 saturated heterocycles. The Morgan fingerprint density at radius 1 is 1.25 bits per heavy atom. The van der Waals surface area contributed by atoms with E-state index in [-0.39, 0.29) is 5.56 Å². The third-order valence-electron chi connectivity index (χ3n) is 1.56. The predicted octanol–water partition coefficient (Wildman–Crippen LogP) is 2.05. The van der Waals surface area contributed by atoms with Crippen LogP contribution in [-0.4, -0.2) is 10.2 Å². The number of nitrogens with zero attached hydrogens (tertiary/aromatic N) is 2. The molecule has 0 amide bonds. The van der Waals surface area contributed by atoms with Gasteiger partial charge in [0.1, 0.15) is 0 Å². The van der Waals surface area contributed by atoms with Crippen LogP contribution in [0.1, 0.15) is 26.3 Å². The lowest BCUT2D eigenvalue weighted by Crippen LogP contribution is -2.16. The summed E-state index contributed by atoms with van der Waals surface area (Å²) in [6, 6.07) is 0. The number of halogens is 2. The first-order valence-corrected chi connectivity index (χ1v) is 3.60. The Kier molecular flexibility index (Phi) is 2.08. The van der Waals surface area contributed by atoms with Crippen LogP contribution < -0.4 is 0 Å². The van der Waals surface area contributed by atoms with Gasteiger partial charge in [0, 0.05) is 5.56 Å². The average molecular weight is 172 g/mol. The van der Waals surface area contributed by atoms with Crippen LogP contribution >= 0.6 is 0 Å². The molecular weight excluding hydrogens is 162 g/mol. The van der Waals surface area contributed by atoms with Crippen LogP contribution in [-0.2, 0) is 5.41 Å². The molecule has 1 aromatic heterocycles. The molecule has 0 radical (unpaired) electrons. The molecule has 0 aromatic carbocycles.